The summed E-state index contributed by atoms with van der Waals surface area (Å²) in [5, 5.41) is 0. The van der Waals surface area contributed by atoms with E-state index in [0.29, 0.717) is 24.3 Å². The predicted octanol–water partition coefficient (Wildman–Crippen LogP) is 1.49. The minimum Gasteiger partial charge on any atom is -0.368 e. The normalized spacial score (nSPS) is 22.4. The van der Waals surface area contributed by atoms with E-state index in [1.807, 2.05) is 0 Å². The fraction of sp³-hybridized carbons (Fsp3) is 0.316. The maximum atomic E-state index is 12.8. The quantitative estimate of drug-likeness (QED) is 0.908. The number of pyridine rings is 1. The molecule has 2 N–H and O–H groups in total. The molecular formula is C19H20N4O3. The first-order valence-corrected chi connectivity index (χ1v) is 8.70. The Kier molecular flexibility index (Phi) is 3.79. The molecule has 1 aromatic carbocycles. The van der Waals surface area contributed by atoms with Crippen LogP contribution in [0.5, 0.6) is 0 Å². The van der Waals surface area contributed by atoms with Crippen LogP contribution in [0.15, 0.2) is 53.5 Å². The van der Waals surface area contributed by atoms with Crippen molar-refractivity contribution in [2.45, 2.75) is 24.8 Å². The van der Waals surface area contributed by atoms with Crippen molar-refractivity contribution in [3.05, 3.63) is 59.0 Å². The number of nitrogens with zero attached hydrogens (tertiary/aromatic N) is 3. The molecule has 2 aliphatic heterocycles. The van der Waals surface area contributed by atoms with Crippen LogP contribution < -0.4 is 16.2 Å². The average molecular weight is 352 g/mol. The minimum atomic E-state index is -0.912. The van der Waals surface area contributed by atoms with E-state index in [2.05, 4.69) is 0 Å². The molecule has 0 spiro atoms. The first-order valence-electron chi connectivity index (χ1n) is 8.70. The highest BCUT2D eigenvalue weighted by Gasteiger charge is 2.54. The van der Waals surface area contributed by atoms with Gasteiger partial charge in [0.05, 0.1) is 6.54 Å². The summed E-state index contributed by atoms with van der Waals surface area (Å²) in [4.78, 5) is 40.1. The van der Waals surface area contributed by atoms with Crippen LogP contribution in [0, 0.1) is 0 Å². The zero-order valence-corrected chi connectivity index (χ0v) is 14.3. The van der Waals surface area contributed by atoms with Gasteiger partial charge in [-0.3, -0.25) is 19.1 Å². The summed E-state index contributed by atoms with van der Waals surface area (Å²) in [5.41, 5.74) is 6.04. The molecule has 7 nitrogen and oxygen atoms in total. The molecule has 2 fully saturated rings. The fourth-order valence-electron chi connectivity index (χ4n) is 3.92. The summed E-state index contributed by atoms with van der Waals surface area (Å²) in [6.07, 6.45) is 4.06. The van der Waals surface area contributed by atoms with E-state index < -0.39 is 11.4 Å². The van der Waals surface area contributed by atoms with Crippen molar-refractivity contribution in [3.63, 3.8) is 0 Å². The number of piperidine rings is 1. The lowest BCUT2D eigenvalue weighted by molar-refractivity contribution is -0.128. The second-order valence-corrected chi connectivity index (χ2v) is 6.80. The zero-order valence-electron chi connectivity index (χ0n) is 14.3. The molecule has 2 saturated heterocycles. The van der Waals surface area contributed by atoms with Crippen LogP contribution in [0.3, 0.4) is 0 Å². The third-order valence-corrected chi connectivity index (χ3v) is 5.34. The Hall–Kier alpha value is -3.09. The Morgan fingerprint density at radius 1 is 1.00 bits per heavy atom. The smallest absolute Gasteiger partial charge is 0.325 e. The molecular weight excluding hydrogens is 332 g/mol. The summed E-state index contributed by atoms with van der Waals surface area (Å²) in [6.45, 7) is 0.821. The number of benzene rings is 1. The predicted molar refractivity (Wildman–Crippen MR) is 97.3 cm³/mol. The highest BCUT2D eigenvalue weighted by Crippen LogP contribution is 2.37. The Balaban J connectivity index is 1.66. The van der Waals surface area contributed by atoms with Gasteiger partial charge in [-0.25, -0.2) is 4.79 Å². The third-order valence-electron chi connectivity index (χ3n) is 5.34. The molecule has 2 aromatic rings. The minimum absolute atomic E-state index is 0.123. The molecule has 0 radical (unpaired) electrons. The summed E-state index contributed by atoms with van der Waals surface area (Å²) in [7, 11) is 0. The van der Waals surface area contributed by atoms with Gasteiger partial charge in [-0.05, 0) is 49.6 Å². The van der Waals surface area contributed by atoms with Crippen molar-refractivity contribution in [1.82, 2.24) is 9.47 Å². The largest absolute Gasteiger partial charge is 0.368 e. The van der Waals surface area contributed by atoms with Gasteiger partial charge < -0.3 is 10.6 Å². The number of hydrogen-bond donors (Lipinski definition) is 1. The van der Waals surface area contributed by atoms with Crippen LogP contribution in [-0.4, -0.2) is 40.0 Å². The van der Waals surface area contributed by atoms with E-state index in [-0.39, 0.29) is 18.1 Å². The Bertz CT molecular complexity index is 921. The number of fused-ring (bicyclic) bond motifs is 1. The van der Waals surface area contributed by atoms with Gasteiger partial charge >= 0.3 is 6.03 Å². The molecule has 0 bridgehead atoms. The number of primary amides is 1. The molecule has 26 heavy (non-hydrogen) atoms. The van der Waals surface area contributed by atoms with E-state index >= 15 is 0 Å². The Labute approximate surface area is 150 Å². The van der Waals surface area contributed by atoms with Gasteiger partial charge in [-0.15, -0.1) is 0 Å². The van der Waals surface area contributed by atoms with Gasteiger partial charge in [-0.2, -0.15) is 0 Å². The second-order valence-electron chi connectivity index (χ2n) is 6.80. The Morgan fingerprint density at radius 2 is 1.73 bits per heavy atom. The molecule has 134 valence electrons. The van der Waals surface area contributed by atoms with Crippen LogP contribution in [-0.2, 0) is 4.79 Å². The van der Waals surface area contributed by atoms with Crippen molar-refractivity contribution in [3.8, 4) is 5.69 Å². The van der Waals surface area contributed by atoms with Gasteiger partial charge in [-0.1, -0.05) is 6.07 Å². The number of aromatic nitrogens is 1. The van der Waals surface area contributed by atoms with E-state index in [1.165, 1.54) is 10.6 Å². The van der Waals surface area contributed by atoms with Gasteiger partial charge in [0.1, 0.15) is 5.54 Å². The number of urea groups is 1. The molecule has 1 aromatic heterocycles. The zero-order chi connectivity index (χ0) is 18.3. The average Bonchev–Trinajstić information content (AvgIpc) is 2.97. The molecule has 3 amide bonds. The summed E-state index contributed by atoms with van der Waals surface area (Å²) in [6, 6.07) is 11.9. The van der Waals surface area contributed by atoms with E-state index in [0.717, 1.165) is 12.8 Å². The molecule has 0 unspecified atom stereocenters. The number of hydrogen-bond acceptors (Lipinski definition) is 3. The first-order chi connectivity index (χ1) is 12.5. The lowest BCUT2D eigenvalue weighted by Crippen LogP contribution is -2.58. The topological polar surface area (TPSA) is 88.6 Å². The number of rotatable bonds is 3. The molecule has 1 atom stereocenters. The van der Waals surface area contributed by atoms with Gasteiger partial charge in [0.2, 0.25) is 5.91 Å². The van der Waals surface area contributed by atoms with E-state index in [9.17, 15) is 14.4 Å². The molecule has 4 rings (SSSR count). The van der Waals surface area contributed by atoms with E-state index in [4.69, 9.17) is 5.73 Å². The van der Waals surface area contributed by atoms with E-state index in [1.54, 1.807) is 52.4 Å². The number of carbonyl (C=O) groups is 2. The van der Waals surface area contributed by atoms with Crippen LogP contribution >= 0.6 is 0 Å². The number of anilines is 1. The van der Waals surface area contributed by atoms with Crippen LogP contribution in [0.25, 0.3) is 5.69 Å². The van der Waals surface area contributed by atoms with Gasteiger partial charge in [0.15, 0.2) is 0 Å². The second kappa shape index (κ2) is 6.01. The fourth-order valence-corrected chi connectivity index (χ4v) is 3.92. The Morgan fingerprint density at radius 3 is 2.38 bits per heavy atom. The van der Waals surface area contributed by atoms with Crippen molar-refractivity contribution < 1.29 is 9.59 Å². The van der Waals surface area contributed by atoms with Crippen molar-refractivity contribution in [2.24, 2.45) is 5.73 Å². The van der Waals surface area contributed by atoms with Crippen molar-refractivity contribution >= 4 is 17.6 Å². The molecule has 7 heteroatoms. The van der Waals surface area contributed by atoms with Crippen LogP contribution in [0.2, 0.25) is 0 Å². The lowest BCUT2D eigenvalue weighted by atomic mass is 9.87. The molecule has 0 aliphatic carbocycles. The maximum Gasteiger partial charge on any atom is 0.325 e. The number of amides is 3. The third kappa shape index (κ3) is 2.39. The number of nitrogens with two attached hydrogens (primary N) is 1. The lowest BCUT2D eigenvalue weighted by Gasteiger charge is -2.37. The molecule has 2 aliphatic rings. The monoisotopic (exact) mass is 352 g/mol. The molecule has 3 heterocycles. The van der Waals surface area contributed by atoms with Gasteiger partial charge in [0.25, 0.3) is 5.56 Å². The van der Waals surface area contributed by atoms with Gasteiger partial charge in [0, 0.05) is 30.2 Å². The van der Waals surface area contributed by atoms with Crippen molar-refractivity contribution in [1.29, 1.82) is 0 Å². The van der Waals surface area contributed by atoms with Crippen LogP contribution in [0.1, 0.15) is 19.3 Å². The highest BCUT2D eigenvalue weighted by molar-refractivity contribution is 6.02. The maximum absolute atomic E-state index is 12.8. The summed E-state index contributed by atoms with van der Waals surface area (Å²) < 4.78 is 1.53. The first kappa shape index (κ1) is 16.4. The standard InChI is InChI=1S/C19H20N4O3/c20-17(25)19-10-2-4-12-23(19)18(26)22(13-19)15-8-6-14(7-9-15)21-11-3-1-5-16(21)24/h1,3,5-9,11H,2,4,10,12-13H2,(H2,20,25)/t19-/m1/s1. The summed E-state index contributed by atoms with van der Waals surface area (Å²) >= 11 is 0. The SMILES string of the molecule is NC(=O)[C@]12CCCCN1C(=O)N(c1ccc(-n3ccccc3=O)cc1)C2. The number of carbonyl (C=O) groups excluding carboxylic acids is 2. The van der Waals surface area contributed by atoms with Crippen LogP contribution in [0.4, 0.5) is 10.5 Å². The van der Waals surface area contributed by atoms with Crippen molar-refractivity contribution in [2.75, 3.05) is 18.0 Å². The summed E-state index contributed by atoms with van der Waals surface area (Å²) in [5.74, 6) is -0.444. The highest BCUT2D eigenvalue weighted by atomic mass is 16.2. The molecule has 0 saturated carbocycles.